The third-order valence-corrected chi connectivity index (χ3v) is 11.3. The summed E-state index contributed by atoms with van der Waals surface area (Å²) >= 11 is 0. The summed E-state index contributed by atoms with van der Waals surface area (Å²) in [7, 11) is 0. The summed E-state index contributed by atoms with van der Waals surface area (Å²) < 4.78 is 0. The fourth-order valence-corrected chi connectivity index (χ4v) is 8.36. The lowest BCUT2D eigenvalue weighted by atomic mass is 9.92. The molecule has 0 saturated heterocycles. The number of rotatable bonds is 6. The molecule has 270 valence electrons. The van der Waals surface area contributed by atoms with Crippen LogP contribution in [0.2, 0.25) is 0 Å². The van der Waals surface area contributed by atoms with E-state index in [2.05, 4.69) is 205 Å². The van der Waals surface area contributed by atoms with Gasteiger partial charge in [-0.1, -0.05) is 176 Å². The number of nitrogens with zero attached hydrogens (tertiary/aromatic N) is 3. The van der Waals surface area contributed by atoms with Gasteiger partial charge < -0.3 is 0 Å². The van der Waals surface area contributed by atoms with Gasteiger partial charge in [-0.3, -0.25) is 4.98 Å². The second-order valence-electron chi connectivity index (χ2n) is 14.9. The van der Waals surface area contributed by atoms with E-state index in [9.17, 15) is 0 Å². The van der Waals surface area contributed by atoms with Gasteiger partial charge in [0.25, 0.3) is 0 Å². The zero-order chi connectivity index (χ0) is 38.4. The van der Waals surface area contributed by atoms with E-state index < -0.39 is 0 Å². The van der Waals surface area contributed by atoms with Gasteiger partial charge in [0, 0.05) is 40.0 Å². The van der Waals surface area contributed by atoms with E-state index in [-0.39, 0.29) is 0 Å². The molecular formula is C55H35N3. The first-order chi connectivity index (χ1) is 28.7. The lowest BCUT2D eigenvalue weighted by Gasteiger charge is -2.13. The first kappa shape index (κ1) is 33.6. The molecule has 0 amide bonds. The van der Waals surface area contributed by atoms with Gasteiger partial charge in [-0.2, -0.15) is 0 Å². The summed E-state index contributed by atoms with van der Waals surface area (Å²) in [6, 6.07) is 71.3. The molecule has 0 N–H and O–H groups in total. The molecule has 0 fully saturated rings. The number of pyridine rings is 1. The average Bonchev–Trinajstić information content (AvgIpc) is 3.31. The highest BCUT2D eigenvalue weighted by Crippen LogP contribution is 2.37. The maximum Gasteiger partial charge on any atom is 0.160 e. The number of benzene rings is 9. The quantitative estimate of drug-likeness (QED) is 0.160. The lowest BCUT2D eigenvalue weighted by molar-refractivity contribution is 1.18. The monoisotopic (exact) mass is 737 g/mol. The summed E-state index contributed by atoms with van der Waals surface area (Å²) in [6.45, 7) is 0. The van der Waals surface area contributed by atoms with Gasteiger partial charge in [0.1, 0.15) is 0 Å². The Morgan fingerprint density at radius 3 is 1.53 bits per heavy atom. The molecule has 0 saturated carbocycles. The fourth-order valence-electron chi connectivity index (χ4n) is 8.36. The number of hydrogen-bond donors (Lipinski definition) is 0. The van der Waals surface area contributed by atoms with Crippen LogP contribution in [0.4, 0.5) is 0 Å². The van der Waals surface area contributed by atoms with E-state index >= 15 is 0 Å². The van der Waals surface area contributed by atoms with Crippen LogP contribution in [0.15, 0.2) is 213 Å². The van der Waals surface area contributed by atoms with Gasteiger partial charge in [0.15, 0.2) is 5.82 Å². The average molecular weight is 738 g/mol. The molecule has 0 unspecified atom stereocenters. The van der Waals surface area contributed by atoms with Crippen molar-refractivity contribution in [1.82, 2.24) is 15.0 Å². The molecule has 0 spiro atoms. The second-order valence-corrected chi connectivity index (χ2v) is 14.9. The zero-order valence-corrected chi connectivity index (χ0v) is 31.5. The third-order valence-electron chi connectivity index (χ3n) is 11.3. The van der Waals surface area contributed by atoms with Gasteiger partial charge in [0.05, 0.1) is 11.4 Å². The predicted molar refractivity (Wildman–Crippen MR) is 242 cm³/mol. The molecule has 2 heterocycles. The van der Waals surface area contributed by atoms with Crippen molar-refractivity contribution in [3.8, 4) is 67.3 Å². The Morgan fingerprint density at radius 2 is 0.793 bits per heavy atom. The van der Waals surface area contributed by atoms with Crippen molar-refractivity contribution >= 4 is 43.1 Å². The number of aromatic nitrogens is 3. The van der Waals surface area contributed by atoms with Crippen molar-refractivity contribution < 1.29 is 0 Å². The molecule has 58 heavy (non-hydrogen) atoms. The lowest BCUT2D eigenvalue weighted by Crippen LogP contribution is -1.96. The van der Waals surface area contributed by atoms with Gasteiger partial charge in [-0.25, -0.2) is 9.97 Å². The van der Waals surface area contributed by atoms with Gasteiger partial charge >= 0.3 is 0 Å². The normalized spacial score (nSPS) is 11.4. The first-order valence-electron chi connectivity index (χ1n) is 19.7. The standard InChI is InChI=1S/C55H35N3/c1-2-11-41-30-43(29-20-36(41)10-1)42-14-9-15-45(31-42)55-57-53(33-54(58-55)40-27-23-38(24-28-40)52-35-56-34-46-13-4-6-17-48(46)52)39-25-21-37(22-26-39)51-32-44-12-3-5-16-47(44)49-18-7-8-19-50(49)51/h1-35H. The summed E-state index contributed by atoms with van der Waals surface area (Å²) in [5, 5.41) is 9.76. The van der Waals surface area contributed by atoms with Crippen molar-refractivity contribution in [2.75, 3.05) is 0 Å². The summed E-state index contributed by atoms with van der Waals surface area (Å²) in [5.41, 5.74) is 11.6. The highest BCUT2D eigenvalue weighted by atomic mass is 14.9. The molecule has 0 aliphatic rings. The van der Waals surface area contributed by atoms with E-state index in [0.717, 1.165) is 55.7 Å². The minimum atomic E-state index is 0.682. The highest BCUT2D eigenvalue weighted by molar-refractivity contribution is 6.13. The van der Waals surface area contributed by atoms with Gasteiger partial charge in [-0.05, 0) is 89.8 Å². The SMILES string of the molecule is c1cc(-c2ccc3ccccc3c2)cc(-c2nc(-c3ccc(-c4cncc5ccccc45)cc3)cc(-c3ccc(-c4cc5ccccc5c5ccccc45)cc3)n2)c1. The van der Waals surface area contributed by atoms with Crippen molar-refractivity contribution in [2.45, 2.75) is 0 Å². The smallest absolute Gasteiger partial charge is 0.160 e. The molecule has 0 atom stereocenters. The van der Waals surface area contributed by atoms with Crippen LogP contribution in [0, 0.1) is 0 Å². The van der Waals surface area contributed by atoms with E-state index in [1.807, 2.05) is 12.4 Å². The molecule has 0 aliphatic heterocycles. The third kappa shape index (κ3) is 6.07. The number of fused-ring (bicyclic) bond motifs is 5. The molecule has 3 heteroatoms. The molecule has 0 bridgehead atoms. The maximum atomic E-state index is 5.26. The van der Waals surface area contributed by atoms with Crippen LogP contribution in [0.1, 0.15) is 0 Å². The van der Waals surface area contributed by atoms with Crippen LogP contribution in [-0.4, -0.2) is 15.0 Å². The second kappa shape index (κ2) is 14.1. The Kier molecular flexibility index (Phi) is 8.15. The van der Waals surface area contributed by atoms with Gasteiger partial charge in [0.2, 0.25) is 0 Å². The van der Waals surface area contributed by atoms with E-state index in [1.54, 1.807) is 0 Å². The van der Waals surface area contributed by atoms with Crippen molar-refractivity contribution in [3.05, 3.63) is 213 Å². The van der Waals surface area contributed by atoms with Crippen molar-refractivity contribution in [1.29, 1.82) is 0 Å². The maximum absolute atomic E-state index is 5.26. The van der Waals surface area contributed by atoms with E-state index in [1.165, 1.54) is 48.8 Å². The Labute approximate surface area is 336 Å². The molecule has 9 aromatic carbocycles. The van der Waals surface area contributed by atoms with Crippen LogP contribution >= 0.6 is 0 Å². The van der Waals surface area contributed by atoms with Gasteiger partial charge in [-0.15, -0.1) is 0 Å². The topological polar surface area (TPSA) is 38.7 Å². The predicted octanol–water partition coefficient (Wildman–Crippen LogP) is 14.5. The van der Waals surface area contributed by atoms with Crippen LogP contribution in [0.25, 0.3) is 110 Å². The number of hydrogen-bond acceptors (Lipinski definition) is 3. The Hall–Kier alpha value is -7.75. The van der Waals surface area contributed by atoms with E-state index in [0.29, 0.717) is 5.82 Å². The molecule has 11 aromatic rings. The van der Waals surface area contributed by atoms with E-state index in [4.69, 9.17) is 9.97 Å². The largest absolute Gasteiger partial charge is 0.263 e. The minimum absolute atomic E-state index is 0.682. The summed E-state index contributed by atoms with van der Waals surface area (Å²) in [4.78, 5) is 15.0. The molecular weight excluding hydrogens is 703 g/mol. The minimum Gasteiger partial charge on any atom is -0.263 e. The van der Waals surface area contributed by atoms with Crippen molar-refractivity contribution in [3.63, 3.8) is 0 Å². The summed E-state index contributed by atoms with van der Waals surface area (Å²) in [5.74, 6) is 0.682. The van der Waals surface area contributed by atoms with Crippen LogP contribution in [-0.2, 0) is 0 Å². The molecule has 11 rings (SSSR count). The molecule has 2 aromatic heterocycles. The first-order valence-corrected chi connectivity index (χ1v) is 19.7. The fraction of sp³-hybridized carbons (Fsp3) is 0. The van der Waals surface area contributed by atoms with Crippen LogP contribution in [0.5, 0.6) is 0 Å². The molecule has 0 radical (unpaired) electrons. The zero-order valence-electron chi connectivity index (χ0n) is 31.5. The highest BCUT2D eigenvalue weighted by Gasteiger charge is 2.14. The van der Waals surface area contributed by atoms with Crippen LogP contribution in [0.3, 0.4) is 0 Å². The van der Waals surface area contributed by atoms with Crippen molar-refractivity contribution in [2.24, 2.45) is 0 Å². The Bertz CT molecular complexity index is 3320. The molecule has 3 nitrogen and oxygen atoms in total. The Balaban J connectivity index is 1.02. The Morgan fingerprint density at radius 1 is 0.259 bits per heavy atom. The molecule has 0 aliphatic carbocycles. The summed E-state index contributed by atoms with van der Waals surface area (Å²) in [6.07, 6.45) is 3.87. The van der Waals surface area contributed by atoms with Crippen LogP contribution < -0.4 is 0 Å².